The number of hydrogen-bond donors (Lipinski definition) is 2. The lowest BCUT2D eigenvalue weighted by atomic mass is 10.1. The molecule has 2 N–H and O–H groups in total. The van der Waals surface area contributed by atoms with Crippen LogP contribution in [0, 0.1) is 18.3 Å². The van der Waals surface area contributed by atoms with E-state index in [0.717, 1.165) is 19.3 Å². The van der Waals surface area contributed by atoms with E-state index >= 15 is 0 Å². The smallest absolute Gasteiger partial charge is 0.326 e. The second-order valence-electron chi connectivity index (χ2n) is 4.13. The van der Waals surface area contributed by atoms with Gasteiger partial charge in [-0.15, -0.1) is 12.3 Å². The Hall–Kier alpha value is -1.50. The second kappa shape index (κ2) is 6.16. The highest BCUT2D eigenvalue weighted by Crippen LogP contribution is 2.32. The van der Waals surface area contributed by atoms with Crippen LogP contribution in [0.25, 0.3) is 0 Å². The predicted molar refractivity (Wildman–Crippen MR) is 59.6 cm³/mol. The molecule has 0 aromatic carbocycles. The van der Waals surface area contributed by atoms with Gasteiger partial charge in [0.05, 0.1) is 0 Å². The van der Waals surface area contributed by atoms with Crippen molar-refractivity contribution in [2.45, 2.75) is 44.6 Å². The second-order valence-corrected chi connectivity index (χ2v) is 4.13. The van der Waals surface area contributed by atoms with Gasteiger partial charge in [-0.3, -0.25) is 4.79 Å². The molecule has 1 atom stereocenters. The third kappa shape index (κ3) is 4.35. The Bertz CT molecular complexity index is 302. The minimum Gasteiger partial charge on any atom is -0.480 e. The van der Waals surface area contributed by atoms with Crippen LogP contribution < -0.4 is 5.32 Å². The normalized spacial score (nSPS) is 16.2. The van der Waals surface area contributed by atoms with Gasteiger partial charge in [-0.2, -0.15) is 0 Å². The van der Waals surface area contributed by atoms with Crippen LogP contribution >= 0.6 is 0 Å². The van der Waals surface area contributed by atoms with E-state index in [9.17, 15) is 9.59 Å². The molecule has 0 aromatic rings. The maximum atomic E-state index is 11.4. The molecule has 4 nitrogen and oxygen atoms in total. The first kappa shape index (κ1) is 12.6. The first-order valence-corrected chi connectivity index (χ1v) is 5.60. The number of carbonyl (C=O) groups excluding carboxylic acids is 1. The highest BCUT2D eigenvalue weighted by molar-refractivity contribution is 5.83. The Morgan fingerprint density at radius 3 is 2.62 bits per heavy atom. The van der Waals surface area contributed by atoms with E-state index in [2.05, 4.69) is 11.2 Å². The number of carboxylic acids is 1. The van der Waals surface area contributed by atoms with Gasteiger partial charge >= 0.3 is 5.97 Å². The molecule has 1 amide bonds. The van der Waals surface area contributed by atoms with Gasteiger partial charge < -0.3 is 10.4 Å². The van der Waals surface area contributed by atoms with Gasteiger partial charge in [-0.05, 0) is 31.6 Å². The highest BCUT2D eigenvalue weighted by Gasteiger charge is 2.36. The van der Waals surface area contributed by atoms with Crippen molar-refractivity contribution in [2.75, 3.05) is 0 Å². The zero-order valence-electron chi connectivity index (χ0n) is 9.24. The molecule has 16 heavy (non-hydrogen) atoms. The van der Waals surface area contributed by atoms with E-state index in [4.69, 9.17) is 11.5 Å². The molecule has 0 spiro atoms. The zero-order chi connectivity index (χ0) is 12.0. The Balaban J connectivity index is 2.21. The molecule has 0 heterocycles. The summed E-state index contributed by atoms with van der Waals surface area (Å²) in [5.41, 5.74) is 0. The van der Waals surface area contributed by atoms with Crippen molar-refractivity contribution in [1.82, 2.24) is 5.32 Å². The van der Waals surface area contributed by atoms with Gasteiger partial charge in [0.1, 0.15) is 6.04 Å². The molecule has 1 fully saturated rings. The fourth-order valence-corrected chi connectivity index (χ4v) is 1.57. The van der Waals surface area contributed by atoms with E-state index < -0.39 is 12.0 Å². The van der Waals surface area contributed by atoms with Crippen LogP contribution in [0.15, 0.2) is 0 Å². The average Bonchev–Trinajstić information content (AvgIpc) is 3.04. The number of carbonyl (C=O) groups is 2. The van der Waals surface area contributed by atoms with Crippen LogP contribution in [0.1, 0.15) is 38.5 Å². The number of nitrogens with one attached hydrogen (secondary N) is 1. The van der Waals surface area contributed by atoms with Crippen LogP contribution in [0.4, 0.5) is 0 Å². The van der Waals surface area contributed by atoms with Crippen LogP contribution in [0.3, 0.4) is 0 Å². The number of unbranched alkanes of at least 4 members (excludes halogenated alkanes) is 2. The summed E-state index contributed by atoms with van der Waals surface area (Å²) in [5.74, 6) is 1.52. The van der Waals surface area contributed by atoms with Crippen LogP contribution in [0.2, 0.25) is 0 Å². The first-order chi connectivity index (χ1) is 7.65. The number of hydrogen-bond acceptors (Lipinski definition) is 2. The summed E-state index contributed by atoms with van der Waals surface area (Å²) in [6.45, 7) is 0. The maximum absolute atomic E-state index is 11.4. The Kier molecular flexibility index (Phi) is 4.84. The summed E-state index contributed by atoms with van der Waals surface area (Å²) in [6, 6.07) is -0.694. The lowest BCUT2D eigenvalue weighted by Gasteiger charge is -2.13. The minimum atomic E-state index is -0.931. The molecule has 0 aromatic heterocycles. The molecule has 4 heteroatoms. The Morgan fingerprint density at radius 2 is 2.12 bits per heavy atom. The summed E-state index contributed by atoms with van der Waals surface area (Å²) >= 11 is 0. The van der Waals surface area contributed by atoms with Crippen molar-refractivity contribution >= 4 is 11.9 Å². The monoisotopic (exact) mass is 223 g/mol. The Morgan fingerprint density at radius 1 is 1.44 bits per heavy atom. The van der Waals surface area contributed by atoms with Crippen molar-refractivity contribution in [3.05, 3.63) is 0 Å². The molecule has 1 aliphatic rings. The first-order valence-electron chi connectivity index (χ1n) is 5.60. The summed E-state index contributed by atoms with van der Waals surface area (Å²) in [7, 11) is 0. The molecule has 0 bridgehead atoms. The van der Waals surface area contributed by atoms with Gasteiger partial charge in [0.2, 0.25) is 5.91 Å². The molecule has 1 saturated carbocycles. The number of rotatable bonds is 7. The van der Waals surface area contributed by atoms with Gasteiger partial charge in [0, 0.05) is 12.8 Å². The van der Waals surface area contributed by atoms with Crippen molar-refractivity contribution in [3.8, 4) is 12.3 Å². The molecular weight excluding hydrogens is 206 g/mol. The van der Waals surface area contributed by atoms with Gasteiger partial charge in [0.25, 0.3) is 0 Å². The van der Waals surface area contributed by atoms with Crippen molar-refractivity contribution in [3.63, 3.8) is 0 Å². The summed E-state index contributed by atoms with van der Waals surface area (Å²) in [5, 5.41) is 11.5. The van der Waals surface area contributed by atoms with Crippen LogP contribution in [-0.2, 0) is 9.59 Å². The fourth-order valence-electron chi connectivity index (χ4n) is 1.57. The molecular formula is C12H17NO3. The third-order valence-corrected chi connectivity index (χ3v) is 2.65. The molecule has 1 unspecified atom stereocenters. The molecule has 1 rings (SSSR count). The largest absolute Gasteiger partial charge is 0.480 e. The molecule has 88 valence electrons. The van der Waals surface area contributed by atoms with Gasteiger partial charge in [-0.25, -0.2) is 4.79 Å². The standard InChI is InChI=1S/C12H17NO3/c1-2-3-4-5-6-10(14)13-11(12(15)16)9-7-8-9/h1,9,11H,3-8H2,(H,13,14)(H,15,16). The zero-order valence-corrected chi connectivity index (χ0v) is 9.24. The average molecular weight is 223 g/mol. The summed E-state index contributed by atoms with van der Waals surface area (Å²) in [4.78, 5) is 22.3. The SMILES string of the molecule is C#CCCCCC(=O)NC(C(=O)O)C1CC1. The molecule has 0 aliphatic heterocycles. The molecule has 0 radical (unpaired) electrons. The van der Waals surface area contributed by atoms with Crippen molar-refractivity contribution in [1.29, 1.82) is 0 Å². The highest BCUT2D eigenvalue weighted by atomic mass is 16.4. The minimum absolute atomic E-state index is 0.132. The summed E-state index contributed by atoms with van der Waals surface area (Å²) < 4.78 is 0. The van der Waals surface area contributed by atoms with E-state index in [1.807, 2.05) is 0 Å². The summed E-state index contributed by atoms with van der Waals surface area (Å²) in [6.07, 6.45) is 9.43. The van der Waals surface area contributed by atoms with Gasteiger partial charge in [-0.1, -0.05) is 0 Å². The fraction of sp³-hybridized carbons (Fsp3) is 0.667. The topological polar surface area (TPSA) is 66.4 Å². The maximum Gasteiger partial charge on any atom is 0.326 e. The van der Waals surface area contributed by atoms with Crippen molar-refractivity contribution < 1.29 is 14.7 Å². The quantitative estimate of drug-likeness (QED) is 0.502. The molecule has 1 aliphatic carbocycles. The van der Waals surface area contributed by atoms with E-state index in [-0.39, 0.29) is 11.8 Å². The lowest BCUT2D eigenvalue weighted by Crippen LogP contribution is -2.42. The van der Waals surface area contributed by atoms with E-state index in [1.54, 1.807) is 0 Å². The number of aliphatic carboxylic acids is 1. The molecule has 0 saturated heterocycles. The van der Waals surface area contributed by atoms with Gasteiger partial charge in [0.15, 0.2) is 0 Å². The number of amides is 1. The van der Waals surface area contributed by atoms with E-state index in [1.165, 1.54) is 0 Å². The number of terminal acetylenes is 1. The van der Waals surface area contributed by atoms with Crippen LogP contribution in [0.5, 0.6) is 0 Å². The van der Waals surface area contributed by atoms with Crippen LogP contribution in [-0.4, -0.2) is 23.0 Å². The third-order valence-electron chi connectivity index (χ3n) is 2.65. The number of carboxylic acid groups (broad SMARTS) is 1. The Labute approximate surface area is 95.4 Å². The van der Waals surface area contributed by atoms with Crippen molar-refractivity contribution in [2.24, 2.45) is 5.92 Å². The van der Waals surface area contributed by atoms with E-state index in [0.29, 0.717) is 19.3 Å². The predicted octanol–water partition coefficient (Wildman–Crippen LogP) is 1.16. The lowest BCUT2D eigenvalue weighted by molar-refractivity contribution is -0.142.